The van der Waals surface area contributed by atoms with Crippen LogP contribution in [0.5, 0.6) is 0 Å². The second-order valence-corrected chi connectivity index (χ2v) is 8.34. The molecule has 1 N–H and O–H groups in total. The third-order valence-electron chi connectivity index (χ3n) is 3.49. The molecule has 1 aromatic carbocycles. The first-order valence-electron chi connectivity index (χ1n) is 7.29. The molecule has 2 rings (SSSR count). The minimum atomic E-state index is -3.51. The number of hydrogen-bond acceptors (Lipinski definition) is 5. The smallest absolute Gasteiger partial charge is 0.240 e. The molecule has 0 spiro atoms. The Morgan fingerprint density at radius 1 is 1.27 bits per heavy atom. The zero-order chi connectivity index (χ0) is 16.0. The highest BCUT2D eigenvalue weighted by Gasteiger charge is 2.16. The Labute approximate surface area is 135 Å². The van der Waals surface area contributed by atoms with E-state index in [0.29, 0.717) is 17.4 Å². The van der Waals surface area contributed by atoms with Gasteiger partial charge in [-0.05, 0) is 31.9 Å². The standard InChI is InChI=1S/C15H21NO4S2/c1-12(17)13-2-4-15(5-3-13)22(18,19)16-8-11-21-14-6-9-20-10-7-14/h2-5,14,16H,6-11H2,1H3. The zero-order valence-electron chi connectivity index (χ0n) is 12.6. The summed E-state index contributed by atoms with van der Waals surface area (Å²) in [5.74, 6) is 0.667. The summed E-state index contributed by atoms with van der Waals surface area (Å²) in [5, 5.41) is 0.563. The summed E-state index contributed by atoms with van der Waals surface area (Å²) >= 11 is 1.79. The Morgan fingerprint density at radius 2 is 1.91 bits per heavy atom. The maximum absolute atomic E-state index is 12.1. The number of sulfonamides is 1. The van der Waals surface area contributed by atoms with Crippen LogP contribution in [0.4, 0.5) is 0 Å². The summed E-state index contributed by atoms with van der Waals surface area (Å²) < 4.78 is 32.2. The van der Waals surface area contributed by atoms with Crippen molar-refractivity contribution >= 4 is 27.6 Å². The van der Waals surface area contributed by atoms with Gasteiger partial charge in [-0.15, -0.1) is 0 Å². The third-order valence-corrected chi connectivity index (χ3v) is 6.35. The molecular weight excluding hydrogens is 322 g/mol. The average molecular weight is 343 g/mol. The Bertz CT molecular complexity index is 592. The summed E-state index contributed by atoms with van der Waals surface area (Å²) in [6.07, 6.45) is 2.06. The van der Waals surface area contributed by atoms with Crippen molar-refractivity contribution in [2.75, 3.05) is 25.5 Å². The lowest BCUT2D eigenvalue weighted by Crippen LogP contribution is -2.27. The summed E-state index contributed by atoms with van der Waals surface area (Å²) in [7, 11) is -3.51. The third kappa shape index (κ3) is 5.08. The number of carbonyl (C=O) groups is 1. The predicted molar refractivity (Wildman–Crippen MR) is 87.9 cm³/mol. The Morgan fingerprint density at radius 3 is 2.50 bits per heavy atom. The van der Waals surface area contributed by atoms with Crippen LogP contribution in [0.15, 0.2) is 29.2 Å². The fourth-order valence-corrected chi connectivity index (χ4v) is 4.44. The monoisotopic (exact) mass is 343 g/mol. The van der Waals surface area contributed by atoms with Gasteiger partial charge in [0.1, 0.15) is 0 Å². The highest BCUT2D eigenvalue weighted by atomic mass is 32.2. The number of Topliss-reactive ketones (excluding diaryl/α,β-unsaturated/α-hetero) is 1. The topological polar surface area (TPSA) is 72.5 Å². The second-order valence-electron chi connectivity index (χ2n) is 5.16. The first kappa shape index (κ1) is 17.5. The van der Waals surface area contributed by atoms with Gasteiger partial charge in [-0.1, -0.05) is 12.1 Å². The number of thioether (sulfide) groups is 1. The molecule has 1 saturated heterocycles. The van der Waals surface area contributed by atoms with Crippen molar-refractivity contribution in [1.82, 2.24) is 4.72 Å². The molecule has 1 aliphatic rings. The molecule has 0 amide bonds. The molecule has 1 fully saturated rings. The predicted octanol–water partition coefficient (Wildman–Crippen LogP) is 2.08. The van der Waals surface area contributed by atoms with Crippen LogP contribution in [0.2, 0.25) is 0 Å². The molecular formula is C15H21NO4S2. The number of benzene rings is 1. The van der Waals surface area contributed by atoms with Gasteiger partial charge in [-0.3, -0.25) is 4.79 Å². The minimum absolute atomic E-state index is 0.0789. The van der Waals surface area contributed by atoms with Crippen LogP contribution in [0, 0.1) is 0 Å². The summed E-state index contributed by atoms with van der Waals surface area (Å²) in [6, 6.07) is 6.00. The highest BCUT2D eigenvalue weighted by molar-refractivity contribution is 8.00. The number of ether oxygens (including phenoxy) is 1. The summed E-state index contributed by atoms with van der Waals surface area (Å²) in [6.45, 7) is 3.45. The van der Waals surface area contributed by atoms with Gasteiger partial charge in [-0.25, -0.2) is 13.1 Å². The van der Waals surface area contributed by atoms with Crippen LogP contribution in [-0.2, 0) is 14.8 Å². The van der Waals surface area contributed by atoms with Gasteiger partial charge in [0.05, 0.1) is 4.90 Å². The maximum Gasteiger partial charge on any atom is 0.240 e. The first-order chi connectivity index (χ1) is 10.5. The molecule has 0 aliphatic carbocycles. The zero-order valence-corrected chi connectivity index (χ0v) is 14.2. The van der Waals surface area contributed by atoms with E-state index in [4.69, 9.17) is 4.74 Å². The van der Waals surface area contributed by atoms with Gasteiger partial charge in [0.2, 0.25) is 10.0 Å². The summed E-state index contributed by atoms with van der Waals surface area (Å²) in [4.78, 5) is 11.4. The lowest BCUT2D eigenvalue weighted by atomic mass is 10.2. The number of rotatable bonds is 7. The van der Waals surface area contributed by atoms with E-state index in [1.54, 1.807) is 11.8 Å². The van der Waals surface area contributed by atoms with E-state index in [0.717, 1.165) is 31.8 Å². The molecule has 0 atom stereocenters. The van der Waals surface area contributed by atoms with Crippen molar-refractivity contribution in [2.24, 2.45) is 0 Å². The molecule has 0 bridgehead atoms. The van der Waals surface area contributed by atoms with E-state index in [9.17, 15) is 13.2 Å². The summed E-state index contributed by atoms with van der Waals surface area (Å²) in [5.41, 5.74) is 0.508. The SMILES string of the molecule is CC(=O)c1ccc(S(=O)(=O)NCCSC2CCOCC2)cc1. The van der Waals surface area contributed by atoms with Gasteiger partial charge in [0.25, 0.3) is 0 Å². The van der Waals surface area contributed by atoms with E-state index in [2.05, 4.69) is 4.72 Å². The maximum atomic E-state index is 12.1. The van der Waals surface area contributed by atoms with Crippen molar-refractivity contribution in [1.29, 1.82) is 0 Å². The van der Waals surface area contributed by atoms with Crippen LogP contribution in [0.1, 0.15) is 30.1 Å². The number of nitrogens with one attached hydrogen (secondary N) is 1. The van der Waals surface area contributed by atoms with E-state index >= 15 is 0 Å². The van der Waals surface area contributed by atoms with Crippen LogP contribution in [0.25, 0.3) is 0 Å². The molecule has 122 valence electrons. The first-order valence-corrected chi connectivity index (χ1v) is 9.82. The molecule has 0 saturated carbocycles. The molecule has 22 heavy (non-hydrogen) atoms. The minimum Gasteiger partial charge on any atom is -0.381 e. The van der Waals surface area contributed by atoms with Crippen molar-refractivity contribution in [3.05, 3.63) is 29.8 Å². The Balaban J connectivity index is 1.81. The van der Waals surface area contributed by atoms with Gasteiger partial charge in [0, 0.05) is 36.3 Å². The second kappa shape index (κ2) is 8.10. The molecule has 1 heterocycles. The molecule has 5 nitrogen and oxygen atoms in total. The molecule has 0 radical (unpaired) electrons. The quantitative estimate of drug-likeness (QED) is 0.606. The van der Waals surface area contributed by atoms with Gasteiger partial charge in [0.15, 0.2) is 5.78 Å². The average Bonchev–Trinajstić information content (AvgIpc) is 2.53. The van der Waals surface area contributed by atoms with Crippen LogP contribution < -0.4 is 4.72 Å². The number of ketones is 1. The molecule has 7 heteroatoms. The van der Waals surface area contributed by atoms with Crippen LogP contribution in [-0.4, -0.2) is 45.0 Å². The molecule has 0 unspecified atom stereocenters. The van der Waals surface area contributed by atoms with Gasteiger partial charge in [-0.2, -0.15) is 11.8 Å². The fourth-order valence-electron chi connectivity index (χ4n) is 2.20. The molecule has 1 aliphatic heterocycles. The molecule has 0 aromatic heterocycles. The normalized spacial score (nSPS) is 16.6. The van der Waals surface area contributed by atoms with E-state index < -0.39 is 10.0 Å². The van der Waals surface area contributed by atoms with E-state index in [1.807, 2.05) is 0 Å². The fraction of sp³-hybridized carbons (Fsp3) is 0.533. The van der Waals surface area contributed by atoms with Gasteiger partial charge < -0.3 is 4.74 Å². The highest BCUT2D eigenvalue weighted by Crippen LogP contribution is 2.21. The lowest BCUT2D eigenvalue weighted by Gasteiger charge is -2.21. The van der Waals surface area contributed by atoms with E-state index in [1.165, 1.54) is 31.2 Å². The molecule has 1 aromatic rings. The Kier molecular flexibility index (Phi) is 6.43. The van der Waals surface area contributed by atoms with Crippen molar-refractivity contribution in [3.63, 3.8) is 0 Å². The van der Waals surface area contributed by atoms with Crippen LogP contribution >= 0.6 is 11.8 Å². The Hall–Kier alpha value is -0.890. The lowest BCUT2D eigenvalue weighted by molar-refractivity contribution is 0.1000. The number of hydrogen-bond donors (Lipinski definition) is 1. The number of carbonyl (C=O) groups excluding carboxylic acids is 1. The van der Waals surface area contributed by atoms with Crippen molar-refractivity contribution < 1.29 is 17.9 Å². The van der Waals surface area contributed by atoms with Gasteiger partial charge >= 0.3 is 0 Å². The van der Waals surface area contributed by atoms with Crippen LogP contribution in [0.3, 0.4) is 0 Å². The largest absolute Gasteiger partial charge is 0.381 e. The van der Waals surface area contributed by atoms with E-state index in [-0.39, 0.29) is 10.7 Å². The van der Waals surface area contributed by atoms with Crippen molar-refractivity contribution in [2.45, 2.75) is 29.9 Å². The van der Waals surface area contributed by atoms with Crippen molar-refractivity contribution in [3.8, 4) is 0 Å².